The van der Waals surface area contributed by atoms with Crippen molar-refractivity contribution < 1.29 is 24.5 Å². The van der Waals surface area contributed by atoms with Crippen molar-refractivity contribution in [2.75, 3.05) is 6.61 Å². The molecule has 0 radical (unpaired) electrons. The molecule has 13 nitrogen and oxygen atoms in total. The van der Waals surface area contributed by atoms with Crippen LogP contribution >= 0.6 is 0 Å². The summed E-state index contributed by atoms with van der Waals surface area (Å²) in [4.78, 5) is 32.6. The molecule has 0 atom stereocenters. The molecule has 0 saturated carbocycles. The summed E-state index contributed by atoms with van der Waals surface area (Å²) in [6, 6.07) is 6.60. The van der Waals surface area contributed by atoms with E-state index in [1.54, 1.807) is 31.2 Å². The van der Waals surface area contributed by atoms with E-state index in [1.807, 2.05) is 0 Å². The normalized spacial score (nSPS) is 8.12. The van der Waals surface area contributed by atoms with Crippen LogP contribution in [0.25, 0.3) is 0 Å². The van der Waals surface area contributed by atoms with Gasteiger partial charge in [0.25, 0.3) is 0 Å². The number of nitrogens with two attached hydrogens (primary N) is 2. The lowest BCUT2D eigenvalue weighted by Crippen LogP contribution is -2.23. The second-order valence-electron chi connectivity index (χ2n) is 3.64. The Hall–Kier alpha value is -4.26. The van der Waals surface area contributed by atoms with Gasteiger partial charge in [0, 0.05) is 0 Å². The van der Waals surface area contributed by atoms with Gasteiger partial charge in [-0.05, 0) is 35.0 Å². The molecule has 0 spiro atoms. The minimum absolute atomic E-state index is 0.0454. The smallest absolute Gasteiger partial charge is 0.462 e. The third-order valence-corrected chi connectivity index (χ3v) is 1.95. The van der Waals surface area contributed by atoms with Crippen molar-refractivity contribution >= 4 is 17.6 Å². The maximum Gasteiger partial charge on any atom is 0.532 e. The molecule has 6 N–H and O–H groups in total. The van der Waals surface area contributed by atoms with Gasteiger partial charge in [-0.3, -0.25) is 0 Å². The van der Waals surface area contributed by atoms with Crippen molar-refractivity contribution in [3.05, 3.63) is 34.7 Å². The van der Waals surface area contributed by atoms with Crippen molar-refractivity contribution in [3.63, 3.8) is 0 Å². The summed E-state index contributed by atoms with van der Waals surface area (Å²) >= 11 is 0. The number of esters is 1. The number of hydrogen-bond acceptors (Lipinski definition) is 10. The number of nitrogens with one attached hydrogen (secondary N) is 2. The lowest BCUT2D eigenvalue weighted by Gasteiger charge is -2.02. The molecule has 1 rings (SSSR count). The van der Waals surface area contributed by atoms with Gasteiger partial charge in [-0.25, -0.2) is 9.79 Å². The number of hydroxylamine groups is 2. The summed E-state index contributed by atoms with van der Waals surface area (Å²) in [6.07, 6.45) is 2.54. The van der Waals surface area contributed by atoms with Gasteiger partial charge in [0.05, 0.1) is 17.9 Å². The zero-order valence-electron chi connectivity index (χ0n) is 13.0. The van der Waals surface area contributed by atoms with Crippen LogP contribution in [0.5, 0.6) is 0 Å². The molecule has 0 aromatic heterocycles. The summed E-state index contributed by atoms with van der Waals surface area (Å²) in [5.74, 6) is -0.429. The van der Waals surface area contributed by atoms with Crippen molar-refractivity contribution in [1.29, 1.82) is 10.5 Å². The molecular weight excluding hydrogens is 336 g/mol. The number of nitrogens with zero attached hydrogens (tertiary/aromatic N) is 4. The first kappa shape index (κ1) is 20.7. The predicted molar refractivity (Wildman–Crippen MR) is 81.2 cm³/mol. The van der Waals surface area contributed by atoms with Gasteiger partial charge >= 0.3 is 11.1 Å². The van der Waals surface area contributed by atoms with Gasteiger partial charge < -0.3 is 16.2 Å². The highest BCUT2D eigenvalue weighted by Gasteiger charge is 2.11. The van der Waals surface area contributed by atoms with Crippen LogP contribution in [0.3, 0.4) is 0 Å². The highest BCUT2D eigenvalue weighted by Crippen LogP contribution is 2.14. The topological polar surface area (TPSA) is 201 Å². The van der Waals surface area contributed by atoms with Crippen LogP contribution in [0.2, 0.25) is 0 Å². The lowest BCUT2D eigenvalue weighted by atomic mass is 10.2. The molecule has 0 aliphatic carbocycles. The number of hydrogen-bond donors (Lipinski definition) is 4. The number of carbonyl (C=O) groups excluding carboxylic acids is 1. The number of rotatable bonds is 7. The van der Waals surface area contributed by atoms with Crippen LogP contribution in [0.1, 0.15) is 17.3 Å². The predicted octanol–water partition coefficient (Wildman–Crippen LogP) is -0.632. The summed E-state index contributed by atoms with van der Waals surface area (Å²) in [5.41, 5.74) is 14.4. The maximum atomic E-state index is 11.3. The minimum Gasteiger partial charge on any atom is -0.462 e. The Morgan fingerprint density at radius 1 is 1.28 bits per heavy atom. The Kier molecular flexibility index (Phi) is 10.2. The molecule has 1 aromatic rings. The second-order valence-corrected chi connectivity index (χ2v) is 3.64. The van der Waals surface area contributed by atoms with Gasteiger partial charge in [-0.1, -0.05) is 17.0 Å². The lowest BCUT2D eigenvalue weighted by molar-refractivity contribution is -0.998. The van der Waals surface area contributed by atoms with E-state index in [2.05, 4.69) is 14.9 Å². The van der Waals surface area contributed by atoms with Gasteiger partial charge in [-0.15, -0.1) is 0 Å². The first-order valence-electron chi connectivity index (χ1n) is 6.40. The van der Waals surface area contributed by atoms with E-state index in [1.165, 1.54) is 23.3 Å². The highest BCUT2D eigenvalue weighted by atomic mass is 17.1. The van der Waals surface area contributed by atoms with Crippen LogP contribution in [0, 0.1) is 27.8 Å². The molecule has 13 heteroatoms. The highest BCUT2D eigenvalue weighted by molar-refractivity contribution is 5.90. The van der Waals surface area contributed by atoms with Crippen LogP contribution in [-0.4, -0.2) is 23.6 Å². The number of guanidine groups is 1. The fourth-order valence-electron chi connectivity index (χ4n) is 1.20. The summed E-state index contributed by atoms with van der Waals surface area (Å²) in [7, 11) is 0. The van der Waals surface area contributed by atoms with Crippen LogP contribution < -0.4 is 22.4 Å². The van der Waals surface area contributed by atoms with Gasteiger partial charge in [0.15, 0.2) is 5.96 Å². The molecule has 0 fully saturated rings. The number of carbonyl (C=O) groups is 1. The van der Waals surface area contributed by atoms with Crippen LogP contribution in [-0.2, 0) is 14.6 Å². The van der Waals surface area contributed by atoms with E-state index in [0.717, 1.165) is 0 Å². The number of nitriles is 2. The molecule has 0 heterocycles. The summed E-state index contributed by atoms with van der Waals surface area (Å²) in [5, 5.41) is 15.0. The first-order chi connectivity index (χ1) is 11.9. The van der Waals surface area contributed by atoms with E-state index >= 15 is 0 Å². The zero-order chi connectivity index (χ0) is 19.1. The largest absolute Gasteiger partial charge is 0.532 e. The number of ether oxygens (including phenoxy) is 1. The molecule has 0 aliphatic rings. The van der Waals surface area contributed by atoms with E-state index in [0.29, 0.717) is 17.9 Å². The van der Waals surface area contributed by atoms with Crippen molar-refractivity contribution in [2.45, 2.75) is 6.92 Å². The quantitative estimate of drug-likeness (QED) is 0.122. The Morgan fingerprint density at radius 2 is 1.88 bits per heavy atom. The molecular formula is C12H15N8O5+. The molecule has 25 heavy (non-hydrogen) atoms. The first-order valence-corrected chi connectivity index (χ1v) is 6.40. The molecule has 0 aliphatic heterocycles. The number of benzene rings is 1. The van der Waals surface area contributed by atoms with Gasteiger partial charge in [-0.2, -0.15) is 10.5 Å². The minimum atomic E-state index is -0.494. The fourth-order valence-corrected chi connectivity index (χ4v) is 1.20. The van der Waals surface area contributed by atoms with Crippen molar-refractivity contribution in [1.82, 2.24) is 11.0 Å². The zero-order valence-corrected chi connectivity index (χ0v) is 13.0. The van der Waals surface area contributed by atoms with Gasteiger partial charge in [0.1, 0.15) is 4.91 Å². The van der Waals surface area contributed by atoms with Crippen molar-refractivity contribution in [3.8, 4) is 12.4 Å². The second kappa shape index (κ2) is 12.3. The maximum absolute atomic E-state index is 11.3. The molecule has 132 valence electrons. The van der Waals surface area contributed by atoms with E-state index in [-0.39, 0.29) is 11.9 Å². The Labute approximate surface area is 141 Å². The van der Waals surface area contributed by atoms with E-state index in [4.69, 9.17) is 26.7 Å². The standard InChI is InChI=1S/C10H13N3O2.C2H2N5O3/c1-2-15-9(14)7-4-3-5-8(6-7)13-10(11)12;3-1-5-9-7(8)10-6-2-4/h3-6H,2H2,1H3,(H4,11,12,13);5-6H/q;+1. The average molecular weight is 351 g/mol. The Morgan fingerprint density at radius 3 is 2.36 bits per heavy atom. The summed E-state index contributed by atoms with van der Waals surface area (Å²) < 4.78 is 4.84. The van der Waals surface area contributed by atoms with Crippen LogP contribution in [0.15, 0.2) is 29.3 Å². The fraction of sp³-hybridized carbons (Fsp3) is 0.167. The molecule has 0 unspecified atom stereocenters. The van der Waals surface area contributed by atoms with Gasteiger partial charge in [0.2, 0.25) is 12.4 Å². The molecule has 0 amide bonds. The molecule has 1 aromatic carbocycles. The number of aliphatic imine (C=N–C) groups is 1. The van der Waals surface area contributed by atoms with Crippen molar-refractivity contribution in [2.24, 2.45) is 16.5 Å². The van der Waals surface area contributed by atoms with E-state index in [9.17, 15) is 9.70 Å². The Bertz CT molecular complexity index is 669. The summed E-state index contributed by atoms with van der Waals surface area (Å²) in [6.45, 7) is 2.09. The average Bonchev–Trinajstić information content (AvgIpc) is 2.58. The molecule has 0 saturated heterocycles. The monoisotopic (exact) mass is 351 g/mol. The SMILES string of the molecule is CCOC(=O)c1cccc(N=C(N)N)c1.N#CNO[N+](=O)ONC#N. The third-order valence-electron chi connectivity index (χ3n) is 1.95. The van der Waals surface area contributed by atoms with E-state index < -0.39 is 5.09 Å². The molecule has 0 bridgehead atoms. The third kappa shape index (κ3) is 10.1. The van der Waals surface area contributed by atoms with Crippen LogP contribution in [0.4, 0.5) is 5.69 Å². The Balaban J connectivity index is 0.000000504.